The van der Waals surface area contributed by atoms with Gasteiger partial charge in [-0.25, -0.2) is 4.79 Å². The molecule has 2 rings (SSSR count). The van der Waals surface area contributed by atoms with Gasteiger partial charge in [0, 0.05) is 9.79 Å². The molecule has 0 aliphatic rings. The van der Waals surface area contributed by atoms with Crippen LogP contribution in [0.2, 0.25) is 0 Å². The van der Waals surface area contributed by atoms with Gasteiger partial charge < -0.3 is 4.74 Å². The van der Waals surface area contributed by atoms with E-state index in [9.17, 15) is 14.4 Å². The average Bonchev–Trinajstić information content (AvgIpc) is 2.64. The van der Waals surface area contributed by atoms with E-state index in [2.05, 4.69) is 13.2 Å². The minimum absolute atomic E-state index is 0.155. The number of aryl methyl sites for hydroxylation is 1. The quantitative estimate of drug-likeness (QED) is 0.308. The van der Waals surface area contributed by atoms with Crippen LogP contribution in [0.15, 0.2) is 77.6 Å². The highest BCUT2D eigenvalue weighted by Crippen LogP contribution is 2.26. The van der Waals surface area contributed by atoms with Crippen molar-refractivity contribution in [3.8, 4) is 5.75 Å². The second-order valence-corrected chi connectivity index (χ2v) is 7.22. The Morgan fingerprint density at radius 3 is 2.12 bits per heavy atom. The van der Waals surface area contributed by atoms with Gasteiger partial charge in [0.15, 0.2) is 0 Å². The monoisotopic (exact) mass is 384 g/mol. The van der Waals surface area contributed by atoms with E-state index in [0.717, 1.165) is 38.9 Å². The number of rotatable bonds is 6. The first-order valence-corrected chi connectivity index (χ1v) is 9.17. The molecule has 0 amide bonds. The van der Waals surface area contributed by atoms with Crippen LogP contribution in [0.5, 0.6) is 5.75 Å². The second-order valence-electron chi connectivity index (χ2n) is 5.09. The molecule has 0 unspecified atom stereocenters. The van der Waals surface area contributed by atoms with Crippen molar-refractivity contribution in [2.45, 2.75) is 16.7 Å². The topological polar surface area (TPSA) is 60.4 Å². The summed E-state index contributed by atoms with van der Waals surface area (Å²) in [4.78, 5) is 36.5. The number of hydrogen-bond donors (Lipinski definition) is 0. The van der Waals surface area contributed by atoms with Crippen molar-refractivity contribution >= 4 is 39.7 Å². The minimum Gasteiger partial charge on any atom is -0.423 e. The fraction of sp³-hybridized carbons (Fsp3) is 0.0500. The zero-order valence-electron chi connectivity index (χ0n) is 14.1. The Labute approximate surface area is 160 Å². The molecule has 0 aliphatic carbocycles. The number of benzene rings is 2. The highest BCUT2D eigenvalue weighted by molar-refractivity contribution is 8.14. The predicted octanol–water partition coefficient (Wildman–Crippen LogP) is 4.82. The molecule has 2 aromatic carbocycles. The summed E-state index contributed by atoms with van der Waals surface area (Å²) < 4.78 is 5.34. The van der Waals surface area contributed by atoms with Crippen molar-refractivity contribution in [1.29, 1.82) is 0 Å². The van der Waals surface area contributed by atoms with Gasteiger partial charge in [0.1, 0.15) is 5.75 Å². The van der Waals surface area contributed by atoms with Crippen LogP contribution in [0.3, 0.4) is 0 Å². The van der Waals surface area contributed by atoms with Crippen molar-refractivity contribution < 1.29 is 19.1 Å². The first-order valence-electron chi connectivity index (χ1n) is 7.54. The van der Waals surface area contributed by atoms with Gasteiger partial charge in [-0.05, 0) is 90.6 Å². The smallest absolute Gasteiger partial charge is 0.343 e. The average molecular weight is 384 g/mol. The van der Waals surface area contributed by atoms with Gasteiger partial charge in [-0.15, -0.1) is 0 Å². The van der Waals surface area contributed by atoms with Gasteiger partial charge in [0.2, 0.25) is 10.2 Å². The summed E-state index contributed by atoms with van der Waals surface area (Å²) in [5, 5.41) is -0.311. The van der Waals surface area contributed by atoms with E-state index >= 15 is 0 Å². The maximum absolute atomic E-state index is 12.3. The van der Waals surface area contributed by atoms with E-state index in [1.165, 1.54) is 12.2 Å². The Balaban J connectivity index is 2.06. The van der Waals surface area contributed by atoms with Crippen LogP contribution in [0.1, 0.15) is 15.9 Å². The van der Waals surface area contributed by atoms with E-state index in [1.54, 1.807) is 42.5 Å². The Bertz CT molecular complexity index is 870. The first-order chi connectivity index (χ1) is 12.4. The molecule has 0 atom stereocenters. The van der Waals surface area contributed by atoms with E-state index in [0.29, 0.717) is 11.3 Å². The zero-order valence-corrected chi connectivity index (χ0v) is 15.7. The lowest BCUT2D eigenvalue weighted by Crippen LogP contribution is -2.08. The van der Waals surface area contributed by atoms with Gasteiger partial charge in [0.05, 0.1) is 5.56 Å². The largest absolute Gasteiger partial charge is 0.423 e. The molecule has 4 nitrogen and oxygen atoms in total. The molecule has 0 N–H and O–H groups in total. The molecule has 0 saturated carbocycles. The van der Waals surface area contributed by atoms with Crippen LogP contribution in [0.25, 0.3) is 0 Å². The van der Waals surface area contributed by atoms with Crippen molar-refractivity contribution in [1.82, 2.24) is 0 Å². The molecule has 2 aromatic rings. The summed E-state index contributed by atoms with van der Waals surface area (Å²) in [6.45, 7) is 8.67. The lowest BCUT2D eigenvalue weighted by molar-refractivity contribution is -0.107. The highest BCUT2D eigenvalue weighted by atomic mass is 32.2. The molecule has 26 heavy (non-hydrogen) atoms. The van der Waals surface area contributed by atoms with Gasteiger partial charge >= 0.3 is 5.97 Å². The molecule has 6 heteroatoms. The fourth-order valence-corrected chi connectivity index (χ4v) is 3.18. The Morgan fingerprint density at radius 2 is 1.54 bits per heavy atom. The number of ether oxygens (including phenoxy) is 1. The molecular formula is C20H16O4S2. The van der Waals surface area contributed by atoms with E-state index in [-0.39, 0.29) is 10.2 Å². The van der Waals surface area contributed by atoms with Gasteiger partial charge in [0.25, 0.3) is 0 Å². The standard InChI is InChI=1S/C20H16O4S2/c1-4-18(21)25-16-9-7-15(8-10-16)24-20(23)14-6-11-17(13(3)12-14)26-19(22)5-2/h4-12H,1-2H2,3H3. The normalized spacial score (nSPS) is 10.0. The number of hydrogen-bond acceptors (Lipinski definition) is 6. The van der Waals surface area contributed by atoms with E-state index in [4.69, 9.17) is 4.74 Å². The number of esters is 1. The van der Waals surface area contributed by atoms with Gasteiger partial charge in [-0.3, -0.25) is 9.59 Å². The highest BCUT2D eigenvalue weighted by Gasteiger charge is 2.12. The van der Waals surface area contributed by atoms with Crippen LogP contribution < -0.4 is 4.74 Å². The summed E-state index contributed by atoms with van der Waals surface area (Å²) in [5.41, 5.74) is 1.19. The molecule has 0 heterocycles. The molecular weight excluding hydrogens is 368 g/mol. The number of carbonyl (C=O) groups is 3. The SMILES string of the molecule is C=CC(=O)Sc1ccc(OC(=O)c2ccc(SC(=O)C=C)c(C)c2)cc1. The summed E-state index contributed by atoms with van der Waals surface area (Å²) in [6, 6.07) is 11.6. The Morgan fingerprint density at radius 1 is 0.923 bits per heavy atom. The summed E-state index contributed by atoms with van der Waals surface area (Å²) in [7, 11) is 0. The maximum Gasteiger partial charge on any atom is 0.343 e. The Hall–Kier alpha value is -2.57. The van der Waals surface area contributed by atoms with Crippen LogP contribution in [-0.4, -0.2) is 16.2 Å². The third-order valence-corrected chi connectivity index (χ3v) is 5.13. The molecule has 132 valence electrons. The molecule has 0 bridgehead atoms. The van der Waals surface area contributed by atoms with Crippen LogP contribution in [0.4, 0.5) is 0 Å². The summed E-state index contributed by atoms with van der Waals surface area (Å²) >= 11 is 2.10. The van der Waals surface area contributed by atoms with Crippen molar-refractivity contribution in [2.75, 3.05) is 0 Å². The van der Waals surface area contributed by atoms with Crippen molar-refractivity contribution in [3.05, 3.63) is 78.9 Å². The molecule has 0 aromatic heterocycles. The molecule has 0 aliphatic heterocycles. The Kier molecular flexibility index (Phi) is 7.00. The number of carbonyl (C=O) groups excluding carboxylic acids is 3. The molecule has 0 radical (unpaired) electrons. The van der Waals surface area contributed by atoms with Crippen molar-refractivity contribution in [3.63, 3.8) is 0 Å². The lowest BCUT2D eigenvalue weighted by Gasteiger charge is -2.08. The molecule has 0 fully saturated rings. The summed E-state index contributed by atoms with van der Waals surface area (Å²) in [6.07, 6.45) is 2.49. The summed E-state index contributed by atoms with van der Waals surface area (Å²) in [5.74, 6) is -0.120. The predicted molar refractivity (Wildman–Crippen MR) is 105 cm³/mol. The lowest BCUT2D eigenvalue weighted by atomic mass is 10.1. The zero-order chi connectivity index (χ0) is 19.1. The van der Waals surface area contributed by atoms with Crippen LogP contribution in [-0.2, 0) is 9.59 Å². The van der Waals surface area contributed by atoms with Crippen LogP contribution >= 0.6 is 23.5 Å². The third-order valence-electron chi connectivity index (χ3n) is 3.21. The third kappa shape index (κ3) is 5.47. The van der Waals surface area contributed by atoms with Crippen LogP contribution in [0, 0.1) is 6.92 Å². The molecule has 0 spiro atoms. The van der Waals surface area contributed by atoms with E-state index in [1.807, 2.05) is 6.92 Å². The first kappa shape index (κ1) is 19.8. The second kappa shape index (κ2) is 9.22. The minimum atomic E-state index is -0.498. The van der Waals surface area contributed by atoms with Crippen molar-refractivity contribution in [2.24, 2.45) is 0 Å². The maximum atomic E-state index is 12.3. The van der Waals surface area contributed by atoms with E-state index < -0.39 is 5.97 Å². The number of thioether (sulfide) groups is 2. The van der Waals surface area contributed by atoms with Gasteiger partial charge in [-0.1, -0.05) is 13.2 Å². The molecule has 0 saturated heterocycles. The van der Waals surface area contributed by atoms with Gasteiger partial charge in [-0.2, -0.15) is 0 Å². The fourth-order valence-electron chi connectivity index (χ4n) is 1.94.